The van der Waals surface area contributed by atoms with E-state index in [1.54, 1.807) is 0 Å². The zero-order chi connectivity index (χ0) is 13.4. The van der Waals surface area contributed by atoms with Crippen molar-refractivity contribution in [2.24, 2.45) is 5.73 Å². The van der Waals surface area contributed by atoms with Gasteiger partial charge in [-0.25, -0.2) is 0 Å². The molecule has 0 aromatic heterocycles. The summed E-state index contributed by atoms with van der Waals surface area (Å²) in [5.74, 6) is 0.772. The molecule has 1 heterocycles. The third-order valence-electron chi connectivity index (χ3n) is 3.68. The highest BCUT2D eigenvalue weighted by Gasteiger charge is 2.33. The molecule has 0 saturated heterocycles. The van der Waals surface area contributed by atoms with E-state index in [2.05, 4.69) is 26.8 Å². The summed E-state index contributed by atoms with van der Waals surface area (Å²) in [6.45, 7) is 7.36. The summed E-state index contributed by atoms with van der Waals surface area (Å²) >= 11 is 0. The molecular formula is C15H23NO2. The number of rotatable bonds is 1. The average molecular weight is 249 g/mol. The van der Waals surface area contributed by atoms with E-state index in [1.165, 1.54) is 5.56 Å². The number of hydrogen-bond donors (Lipinski definition) is 2. The Labute approximate surface area is 109 Å². The van der Waals surface area contributed by atoms with Crippen LogP contribution in [0, 0.1) is 0 Å². The molecule has 100 valence electrons. The predicted octanol–water partition coefficient (Wildman–Crippen LogP) is 2.30. The maximum Gasteiger partial charge on any atom is 0.125 e. The van der Waals surface area contributed by atoms with Gasteiger partial charge in [-0.3, -0.25) is 0 Å². The van der Waals surface area contributed by atoms with Crippen molar-refractivity contribution in [2.45, 2.75) is 44.6 Å². The first-order valence-corrected chi connectivity index (χ1v) is 6.57. The molecule has 1 atom stereocenters. The Balaban J connectivity index is 2.54. The summed E-state index contributed by atoms with van der Waals surface area (Å²) < 4.78 is 5.70. The molecule has 0 fully saturated rings. The molecule has 0 spiro atoms. The smallest absolute Gasteiger partial charge is 0.125 e. The lowest BCUT2D eigenvalue weighted by molar-refractivity contribution is 0.0373. The van der Waals surface area contributed by atoms with Gasteiger partial charge in [0.15, 0.2) is 0 Å². The molecule has 0 aliphatic carbocycles. The lowest BCUT2D eigenvalue weighted by atomic mass is 9.82. The third kappa shape index (κ3) is 2.38. The second-order valence-electron chi connectivity index (χ2n) is 6.15. The van der Waals surface area contributed by atoms with E-state index in [0.717, 1.165) is 17.7 Å². The minimum absolute atomic E-state index is 0.0524. The van der Waals surface area contributed by atoms with E-state index >= 15 is 0 Å². The lowest BCUT2D eigenvalue weighted by Gasteiger charge is -2.28. The van der Waals surface area contributed by atoms with Crippen LogP contribution in [0.5, 0.6) is 5.75 Å². The molecule has 1 aliphatic heterocycles. The Hall–Kier alpha value is -1.06. The van der Waals surface area contributed by atoms with Gasteiger partial charge < -0.3 is 15.6 Å². The van der Waals surface area contributed by atoms with Gasteiger partial charge in [-0.1, -0.05) is 26.8 Å². The SMILES string of the molecule is CC(C)(C)c1ccc2c(c1)C(O)(CN)CCCO2. The van der Waals surface area contributed by atoms with Gasteiger partial charge in [-0.15, -0.1) is 0 Å². The van der Waals surface area contributed by atoms with Crippen molar-refractivity contribution >= 4 is 0 Å². The largest absolute Gasteiger partial charge is 0.493 e. The van der Waals surface area contributed by atoms with Crippen LogP contribution in [-0.4, -0.2) is 18.3 Å². The first-order chi connectivity index (χ1) is 8.37. The lowest BCUT2D eigenvalue weighted by Crippen LogP contribution is -2.34. The fraction of sp³-hybridized carbons (Fsp3) is 0.600. The standard InChI is InChI=1S/C15H23NO2/c1-14(2,3)11-5-6-13-12(9-11)15(17,10-16)7-4-8-18-13/h5-6,9,17H,4,7-8,10,16H2,1-3H3. The number of hydrogen-bond acceptors (Lipinski definition) is 3. The van der Waals surface area contributed by atoms with Gasteiger partial charge in [0.05, 0.1) is 6.61 Å². The highest BCUT2D eigenvalue weighted by Crippen LogP contribution is 2.38. The van der Waals surface area contributed by atoms with Crippen molar-refractivity contribution in [3.63, 3.8) is 0 Å². The summed E-state index contributed by atoms with van der Waals surface area (Å²) in [5, 5.41) is 10.7. The maximum absolute atomic E-state index is 10.7. The molecule has 1 aromatic rings. The van der Waals surface area contributed by atoms with Gasteiger partial charge in [0, 0.05) is 12.1 Å². The van der Waals surface area contributed by atoms with Crippen molar-refractivity contribution in [3.8, 4) is 5.75 Å². The number of aliphatic hydroxyl groups is 1. The van der Waals surface area contributed by atoms with Gasteiger partial charge in [-0.05, 0) is 36.0 Å². The molecule has 18 heavy (non-hydrogen) atoms. The van der Waals surface area contributed by atoms with Crippen molar-refractivity contribution in [3.05, 3.63) is 29.3 Å². The Kier molecular flexibility index (Phi) is 3.39. The van der Waals surface area contributed by atoms with Gasteiger partial charge in [-0.2, -0.15) is 0 Å². The van der Waals surface area contributed by atoms with Crippen molar-refractivity contribution in [2.75, 3.05) is 13.2 Å². The fourth-order valence-corrected chi connectivity index (χ4v) is 2.38. The molecule has 1 unspecified atom stereocenters. The molecular weight excluding hydrogens is 226 g/mol. The number of nitrogens with two attached hydrogens (primary N) is 1. The van der Waals surface area contributed by atoms with Gasteiger partial charge in [0.1, 0.15) is 11.4 Å². The predicted molar refractivity (Wildman–Crippen MR) is 72.8 cm³/mol. The van der Waals surface area contributed by atoms with Gasteiger partial charge >= 0.3 is 0 Å². The molecule has 0 radical (unpaired) electrons. The van der Waals surface area contributed by atoms with Crippen LogP contribution in [0.1, 0.15) is 44.7 Å². The Morgan fingerprint density at radius 3 is 2.72 bits per heavy atom. The van der Waals surface area contributed by atoms with E-state index in [9.17, 15) is 5.11 Å². The van der Waals surface area contributed by atoms with Crippen LogP contribution in [0.2, 0.25) is 0 Å². The van der Waals surface area contributed by atoms with Crippen LogP contribution in [-0.2, 0) is 11.0 Å². The van der Waals surface area contributed by atoms with Gasteiger partial charge in [0.25, 0.3) is 0 Å². The van der Waals surface area contributed by atoms with E-state index < -0.39 is 5.60 Å². The molecule has 3 heteroatoms. The second kappa shape index (κ2) is 4.56. The number of benzene rings is 1. The van der Waals surface area contributed by atoms with Gasteiger partial charge in [0.2, 0.25) is 0 Å². The Morgan fingerprint density at radius 1 is 1.39 bits per heavy atom. The van der Waals surface area contributed by atoms with Crippen LogP contribution in [0.4, 0.5) is 0 Å². The monoisotopic (exact) mass is 249 g/mol. The van der Waals surface area contributed by atoms with E-state index in [-0.39, 0.29) is 12.0 Å². The van der Waals surface area contributed by atoms with Crippen molar-refractivity contribution in [1.82, 2.24) is 0 Å². The summed E-state index contributed by atoms with van der Waals surface area (Å²) in [6.07, 6.45) is 1.48. The average Bonchev–Trinajstić information content (AvgIpc) is 2.48. The van der Waals surface area contributed by atoms with E-state index in [1.807, 2.05) is 12.1 Å². The quantitative estimate of drug-likeness (QED) is 0.803. The van der Waals surface area contributed by atoms with Crippen molar-refractivity contribution in [1.29, 1.82) is 0 Å². The zero-order valence-electron chi connectivity index (χ0n) is 11.5. The Bertz CT molecular complexity index is 437. The fourth-order valence-electron chi connectivity index (χ4n) is 2.38. The minimum atomic E-state index is -0.951. The number of fused-ring (bicyclic) bond motifs is 1. The van der Waals surface area contributed by atoms with Crippen LogP contribution in [0.25, 0.3) is 0 Å². The first kappa shape index (κ1) is 13.4. The molecule has 0 saturated carbocycles. The zero-order valence-corrected chi connectivity index (χ0v) is 11.5. The molecule has 0 amide bonds. The van der Waals surface area contributed by atoms with Crippen LogP contribution in [0.3, 0.4) is 0 Å². The normalized spacial score (nSPS) is 24.1. The van der Waals surface area contributed by atoms with E-state index in [4.69, 9.17) is 10.5 Å². The maximum atomic E-state index is 10.7. The third-order valence-corrected chi connectivity index (χ3v) is 3.68. The minimum Gasteiger partial charge on any atom is -0.493 e. The summed E-state index contributed by atoms with van der Waals surface area (Å²) in [4.78, 5) is 0. The Morgan fingerprint density at radius 2 is 2.11 bits per heavy atom. The highest BCUT2D eigenvalue weighted by molar-refractivity contribution is 5.44. The van der Waals surface area contributed by atoms with Crippen LogP contribution in [0.15, 0.2) is 18.2 Å². The molecule has 0 bridgehead atoms. The van der Waals surface area contributed by atoms with E-state index in [0.29, 0.717) is 13.0 Å². The molecule has 1 aromatic carbocycles. The summed E-state index contributed by atoms with van der Waals surface area (Å²) in [6, 6.07) is 6.08. The topological polar surface area (TPSA) is 55.5 Å². The molecule has 1 aliphatic rings. The molecule has 2 rings (SSSR count). The van der Waals surface area contributed by atoms with Crippen LogP contribution < -0.4 is 10.5 Å². The summed E-state index contributed by atoms with van der Waals surface area (Å²) in [7, 11) is 0. The molecule has 3 N–H and O–H groups in total. The second-order valence-corrected chi connectivity index (χ2v) is 6.15. The highest BCUT2D eigenvalue weighted by atomic mass is 16.5. The first-order valence-electron chi connectivity index (χ1n) is 6.57. The summed E-state index contributed by atoms with van der Waals surface area (Å²) in [5.41, 5.74) is 6.91. The molecule has 3 nitrogen and oxygen atoms in total. The van der Waals surface area contributed by atoms with Crippen molar-refractivity contribution < 1.29 is 9.84 Å². The van der Waals surface area contributed by atoms with Crippen LogP contribution >= 0.6 is 0 Å². The number of ether oxygens (including phenoxy) is 1.